The maximum absolute atomic E-state index is 15.0. The van der Waals surface area contributed by atoms with Crippen molar-refractivity contribution in [1.82, 2.24) is 4.90 Å². The van der Waals surface area contributed by atoms with Crippen molar-refractivity contribution in [3.63, 3.8) is 0 Å². The summed E-state index contributed by atoms with van der Waals surface area (Å²) in [6, 6.07) is 1.97. The van der Waals surface area contributed by atoms with Crippen molar-refractivity contribution in [2.24, 2.45) is 11.8 Å². The number of carbonyl (C=O) groups is 2. The van der Waals surface area contributed by atoms with Crippen LogP contribution in [0.5, 0.6) is 0 Å². The molecular weight excluding hydrogens is 464 g/mol. The van der Waals surface area contributed by atoms with Gasteiger partial charge in [-0.25, -0.2) is 4.79 Å². The van der Waals surface area contributed by atoms with Gasteiger partial charge in [-0.2, -0.15) is 4.48 Å². The van der Waals surface area contributed by atoms with Gasteiger partial charge in [0.25, 0.3) is 5.91 Å². The van der Waals surface area contributed by atoms with E-state index >= 15 is 0 Å². The fourth-order valence-electron chi connectivity index (χ4n) is 5.99. The number of benzene rings is 1. The molecule has 1 spiro atoms. The number of aliphatic hydroxyl groups is 1. The predicted octanol–water partition coefficient (Wildman–Crippen LogP) is 3.93. The third-order valence-electron chi connectivity index (χ3n) is 8.21. The lowest BCUT2D eigenvalue weighted by Gasteiger charge is -2.59. The zero-order valence-electron chi connectivity index (χ0n) is 20.0. The number of anilines is 1. The van der Waals surface area contributed by atoms with Crippen LogP contribution in [0.1, 0.15) is 43.0 Å². The number of rotatable bonds is 4. The molecule has 4 rings (SSSR count). The topological polar surface area (TPSA) is 60.9 Å². The van der Waals surface area contributed by atoms with Crippen LogP contribution in [0.4, 0.5) is 14.5 Å². The first-order valence-electron chi connectivity index (χ1n) is 11.8. The number of nitrogens with zero attached hydrogens (tertiary/aromatic N) is 3. The monoisotopic (exact) mass is 496 g/mol. The highest BCUT2D eigenvalue weighted by Crippen LogP contribution is 2.56. The molecular formula is C25H33ClF2N3O3+. The van der Waals surface area contributed by atoms with E-state index in [4.69, 9.17) is 11.6 Å². The Bertz CT molecular complexity index is 1010. The summed E-state index contributed by atoms with van der Waals surface area (Å²) in [4.78, 5) is 28.6. The van der Waals surface area contributed by atoms with Crippen molar-refractivity contribution in [2.45, 2.75) is 44.3 Å². The fraction of sp³-hybridized carbons (Fsp3) is 0.600. The first-order valence-corrected chi connectivity index (χ1v) is 12.2. The van der Waals surface area contributed by atoms with Crippen molar-refractivity contribution in [2.75, 3.05) is 45.2 Å². The summed E-state index contributed by atoms with van der Waals surface area (Å²) in [6.45, 7) is 6.47. The highest BCUT2D eigenvalue weighted by molar-refractivity contribution is 6.34. The summed E-state index contributed by atoms with van der Waals surface area (Å²) in [7, 11) is 3.37. The Labute approximate surface area is 204 Å². The minimum absolute atomic E-state index is 0.0588. The van der Waals surface area contributed by atoms with Crippen LogP contribution in [-0.4, -0.2) is 78.2 Å². The first kappa shape index (κ1) is 25.1. The molecule has 0 aromatic heterocycles. The van der Waals surface area contributed by atoms with Crippen molar-refractivity contribution < 1.29 is 28.0 Å². The molecule has 186 valence electrons. The molecule has 2 amide bonds. The van der Waals surface area contributed by atoms with Crippen molar-refractivity contribution in [3.8, 4) is 0 Å². The Kier molecular flexibility index (Phi) is 6.32. The molecule has 3 aliphatic rings. The van der Waals surface area contributed by atoms with E-state index < -0.39 is 22.0 Å². The Morgan fingerprint density at radius 2 is 1.74 bits per heavy atom. The van der Waals surface area contributed by atoms with E-state index in [-0.39, 0.29) is 30.5 Å². The number of alkyl halides is 2. The number of quaternary nitrogens is 1. The average molecular weight is 497 g/mol. The highest BCUT2D eigenvalue weighted by atomic mass is 35.5. The molecule has 1 atom stereocenters. The van der Waals surface area contributed by atoms with Crippen LogP contribution in [-0.2, 0) is 4.79 Å². The van der Waals surface area contributed by atoms with E-state index in [0.29, 0.717) is 29.3 Å². The molecule has 0 saturated carbocycles. The van der Waals surface area contributed by atoms with E-state index in [1.54, 1.807) is 20.2 Å². The Morgan fingerprint density at radius 3 is 2.21 bits per heavy atom. The zero-order chi connectivity index (χ0) is 25.1. The van der Waals surface area contributed by atoms with Crippen LogP contribution < -0.4 is 4.90 Å². The zero-order valence-corrected chi connectivity index (χ0v) is 20.7. The second-order valence-corrected chi connectivity index (χ2v) is 10.7. The second kappa shape index (κ2) is 8.57. The van der Waals surface area contributed by atoms with E-state index in [9.17, 15) is 23.5 Å². The number of piperidine rings is 2. The Hall–Kier alpha value is -2.03. The van der Waals surface area contributed by atoms with Gasteiger partial charge in [0, 0.05) is 45.7 Å². The summed E-state index contributed by atoms with van der Waals surface area (Å²) in [6.07, 6.45) is 2.96. The smallest absolute Gasteiger partial charge is 0.371 e. The van der Waals surface area contributed by atoms with Gasteiger partial charge < -0.3 is 14.9 Å². The van der Waals surface area contributed by atoms with Gasteiger partial charge in [-0.1, -0.05) is 18.2 Å². The van der Waals surface area contributed by atoms with Crippen molar-refractivity contribution >= 4 is 29.1 Å². The number of halogens is 3. The van der Waals surface area contributed by atoms with Crippen LogP contribution in [0.25, 0.3) is 0 Å². The van der Waals surface area contributed by atoms with Gasteiger partial charge in [0.15, 0.2) is 0 Å². The van der Waals surface area contributed by atoms with Gasteiger partial charge in [0.2, 0.25) is 0 Å². The third-order valence-corrected chi connectivity index (χ3v) is 8.53. The van der Waals surface area contributed by atoms with Crippen LogP contribution in [0.3, 0.4) is 0 Å². The molecule has 0 bridgehead atoms. The number of hydrogen-bond acceptors (Lipinski definition) is 4. The lowest BCUT2D eigenvalue weighted by Crippen LogP contribution is -2.89. The second-order valence-electron chi connectivity index (χ2n) is 10.3. The minimum Gasteiger partial charge on any atom is -0.371 e. The average Bonchev–Trinajstić information content (AvgIpc) is 2.82. The normalized spacial score (nSPS) is 31.3. The van der Waals surface area contributed by atoms with Crippen molar-refractivity contribution in [1.29, 1.82) is 0 Å². The van der Waals surface area contributed by atoms with Gasteiger partial charge in [-0.05, 0) is 55.4 Å². The SMILES string of the molecule is C=C(C)C1(O)C(=O)[N+]2(CCC(C3CCN(c4ccc(C(=O)N(C)C)c(Cl)c4)CC3)CC2)C1(F)F. The van der Waals surface area contributed by atoms with Crippen LogP contribution in [0.15, 0.2) is 30.4 Å². The summed E-state index contributed by atoms with van der Waals surface area (Å²) in [5.74, 6) is -0.254. The third kappa shape index (κ3) is 3.48. The molecule has 3 saturated heterocycles. The maximum atomic E-state index is 15.0. The molecule has 0 radical (unpaired) electrons. The van der Waals surface area contributed by atoms with Gasteiger partial charge in [0.1, 0.15) is 0 Å². The first-order chi connectivity index (χ1) is 15.9. The Balaban J connectivity index is 1.35. The number of carbonyl (C=O) groups excluding carboxylic acids is 2. The molecule has 1 aromatic rings. The highest BCUT2D eigenvalue weighted by Gasteiger charge is 2.88. The molecule has 0 aliphatic carbocycles. The fourth-order valence-corrected chi connectivity index (χ4v) is 6.25. The lowest BCUT2D eigenvalue weighted by atomic mass is 9.73. The predicted molar refractivity (Wildman–Crippen MR) is 127 cm³/mol. The molecule has 3 fully saturated rings. The van der Waals surface area contributed by atoms with Gasteiger partial charge >= 0.3 is 17.6 Å². The van der Waals surface area contributed by atoms with Gasteiger partial charge in [-0.3, -0.25) is 4.79 Å². The van der Waals surface area contributed by atoms with Gasteiger partial charge in [-0.15, -0.1) is 8.78 Å². The molecule has 3 aliphatic heterocycles. The summed E-state index contributed by atoms with van der Waals surface area (Å²) >= 11 is 6.37. The molecule has 6 nitrogen and oxygen atoms in total. The van der Waals surface area contributed by atoms with E-state index in [2.05, 4.69) is 11.5 Å². The largest absolute Gasteiger partial charge is 0.444 e. The number of amides is 2. The van der Waals surface area contributed by atoms with E-state index in [1.165, 1.54) is 11.8 Å². The molecule has 34 heavy (non-hydrogen) atoms. The Morgan fingerprint density at radius 1 is 1.18 bits per heavy atom. The molecule has 9 heteroatoms. The maximum Gasteiger partial charge on any atom is 0.444 e. The lowest BCUT2D eigenvalue weighted by molar-refractivity contribution is -0.993. The summed E-state index contributed by atoms with van der Waals surface area (Å²) < 4.78 is 29.0. The van der Waals surface area contributed by atoms with Crippen molar-refractivity contribution in [3.05, 3.63) is 40.9 Å². The molecule has 1 unspecified atom stereocenters. The number of hydrogen-bond donors (Lipinski definition) is 1. The van der Waals surface area contributed by atoms with Crippen LogP contribution in [0, 0.1) is 11.8 Å². The quantitative estimate of drug-likeness (QED) is 0.297. The van der Waals surface area contributed by atoms with E-state index in [1.807, 2.05) is 12.1 Å². The van der Waals surface area contributed by atoms with Crippen LogP contribution >= 0.6 is 11.6 Å². The van der Waals surface area contributed by atoms with Gasteiger partial charge in [0.05, 0.1) is 23.7 Å². The van der Waals surface area contributed by atoms with E-state index in [0.717, 1.165) is 31.6 Å². The molecule has 1 N–H and O–H groups in total. The molecule has 3 heterocycles. The number of β-lactam (4-membered cyclic amide) rings is 1. The summed E-state index contributed by atoms with van der Waals surface area (Å²) in [5, 5.41) is 10.7. The standard InChI is InChI=1S/C25H33ClF2N3O3/c1-16(2)24(34)23(33)31(25(24,27)28)13-9-18(10-14-31)17-7-11-30(12-8-17)19-5-6-20(21(26)15-19)22(32)29(3)4/h5-6,15,17-18,34H,1,7-14H2,2-4H3/q+1. The molecule has 1 aromatic carbocycles. The minimum atomic E-state index is -3.52. The summed E-state index contributed by atoms with van der Waals surface area (Å²) in [5.41, 5.74) is -1.49. The van der Waals surface area contributed by atoms with Crippen LogP contribution in [0.2, 0.25) is 5.02 Å².